The van der Waals surface area contributed by atoms with E-state index in [9.17, 15) is 43.2 Å². The minimum Gasteiger partial charge on any atom is -0.462 e. The normalized spacial score (nSPS) is 14.1. The molecule has 0 aliphatic rings. The molecule has 3 N–H and O–H groups in total. The van der Waals surface area contributed by atoms with Crippen LogP contribution in [0, 0.1) is 5.92 Å². The van der Waals surface area contributed by atoms with Crippen molar-refractivity contribution in [3.63, 3.8) is 0 Å². The lowest BCUT2D eigenvalue weighted by Gasteiger charge is -2.21. The summed E-state index contributed by atoms with van der Waals surface area (Å²) >= 11 is 0. The summed E-state index contributed by atoms with van der Waals surface area (Å²) in [7, 11) is -9.91. The summed E-state index contributed by atoms with van der Waals surface area (Å²) in [5.74, 6) is -1.27. The number of phosphoric acid groups is 2. The van der Waals surface area contributed by atoms with Gasteiger partial charge in [-0.1, -0.05) is 388 Å². The molecule has 3 unspecified atom stereocenters. The molecule has 0 spiro atoms. The number of phosphoric ester groups is 2. The van der Waals surface area contributed by atoms with Gasteiger partial charge in [-0.15, -0.1) is 0 Å². The molecule has 0 saturated heterocycles. The van der Waals surface area contributed by atoms with Crippen LogP contribution in [0.25, 0.3) is 0 Å². The molecule has 0 fully saturated rings. The van der Waals surface area contributed by atoms with E-state index in [0.717, 1.165) is 102 Å². The van der Waals surface area contributed by atoms with Crippen LogP contribution in [0.2, 0.25) is 0 Å². The first-order chi connectivity index (χ1) is 49.1. The number of carbonyl (C=O) groups excluding carboxylic acids is 4. The summed E-state index contributed by atoms with van der Waals surface area (Å²) in [4.78, 5) is 72.8. The number of aliphatic hydroxyl groups is 1. The van der Waals surface area contributed by atoms with E-state index in [1.54, 1.807) is 0 Å². The largest absolute Gasteiger partial charge is 0.472 e. The lowest BCUT2D eigenvalue weighted by molar-refractivity contribution is -0.161. The Labute approximate surface area is 619 Å². The van der Waals surface area contributed by atoms with Crippen LogP contribution in [0.5, 0.6) is 0 Å². The third kappa shape index (κ3) is 74.7. The highest BCUT2D eigenvalue weighted by molar-refractivity contribution is 7.47. The highest BCUT2D eigenvalue weighted by Gasteiger charge is 2.30. The fourth-order valence-electron chi connectivity index (χ4n) is 12.7. The molecule has 19 heteroatoms. The van der Waals surface area contributed by atoms with Gasteiger partial charge in [0.25, 0.3) is 0 Å². The SMILES string of the molecule is CCCCCCCCCCCCCCCCCCCCCC(=O)OC[C@H](COP(=O)(O)OC[C@@H](O)COP(=O)(O)OC[C@@H](COC(=O)CCCCCCC)OC(=O)CCCCCCCCCCCCCCCCC(C)CC)OC(=O)CCCCCCCCCCCCCCCCCCCCC. The van der Waals surface area contributed by atoms with Gasteiger partial charge < -0.3 is 33.8 Å². The molecule has 6 atom stereocenters. The van der Waals surface area contributed by atoms with Crippen molar-refractivity contribution in [3.05, 3.63) is 0 Å². The number of hydrogen-bond donors (Lipinski definition) is 3. The lowest BCUT2D eigenvalue weighted by atomic mass is 9.99. The Bertz CT molecular complexity index is 1930. The van der Waals surface area contributed by atoms with Gasteiger partial charge in [-0.3, -0.25) is 37.3 Å². The number of esters is 4. The van der Waals surface area contributed by atoms with Crippen molar-refractivity contribution >= 4 is 39.5 Å². The summed E-state index contributed by atoms with van der Waals surface area (Å²) in [6, 6.07) is 0. The second-order valence-electron chi connectivity index (χ2n) is 29.8. The van der Waals surface area contributed by atoms with E-state index in [1.807, 2.05) is 0 Å². The maximum Gasteiger partial charge on any atom is 0.472 e. The Morgan fingerprint density at radius 2 is 0.475 bits per heavy atom. The van der Waals surface area contributed by atoms with E-state index < -0.39 is 97.5 Å². The van der Waals surface area contributed by atoms with E-state index in [0.29, 0.717) is 25.7 Å². The molecule has 0 radical (unpaired) electrons. The van der Waals surface area contributed by atoms with Crippen molar-refractivity contribution in [1.29, 1.82) is 0 Å². The summed E-state index contributed by atoms with van der Waals surface area (Å²) in [6.07, 6.45) is 67.1. The van der Waals surface area contributed by atoms with E-state index in [4.69, 9.17) is 37.0 Å². The number of carbonyl (C=O) groups is 4. The van der Waals surface area contributed by atoms with Crippen LogP contribution in [0.1, 0.15) is 439 Å². The average Bonchev–Trinajstić information content (AvgIpc) is 0.943. The molecule has 17 nitrogen and oxygen atoms in total. The second kappa shape index (κ2) is 74.9. The van der Waals surface area contributed by atoms with E-state index in [-0.39, 0.29) is 25.7 Å². The van der Waals surface area contributed by atoms with Crippen LogP contribution < -0.4 is 0 Å². The summed E-state index contributed by atoms with van der Waals surface area (Å²) in [6.45, 7) is 7.30. The van der Waals surface area contributed by atoms with Gasteiger partial charge in [-0.05, 0) is 31.6 Å². The standard InChI is InChI=1S/C82H160O17P2/c1-6-10-13-16-18-20-22-24-26-28-30-32-34-39-43-47-51-56-61-66-80(85)93-72-78(99-82(87)68-63-57-52-48-44-40-35-33-31-29-27-25-23-21-19-17-14-11-7-2)74-97-101(90,91)95-70-76(83)69-94-100(88,89)96-73-77(71-92-79(84)65-60-54-15-12-8-3)98-81(86)67-62-58-53-49-45-41-37-36-38-42-46-50-55-59-64-75(5)9-4/h75-78,83H,6-74H2,1-5H3,(H,88,89)(H,90,91)/t75?,76-,77+,78+/m0/s1. The zero-order valence-electron chi connectivity index (χ0n) is 66.1. The summed E-state index contributed by atoms with van der Waals surface area (Å²) in [5.41, 5.74) is 0. The number of ether oxygens (including phenoxy) is 4. The third-order valence-electron chi connectivity index (χ3n) is 19.6. The Balaban J connectivity index is 5.11. The Morgan fingerprint density at radius 1 is 0.277 bits per heavy atom. The van der Waals surface area contributed by atoms with Crippen LogP contribution >= 0.6 is 15.6 Å². The van der Waals surface area contributed by atoms with E-state index in [2.05, 4.69) is 34.6 Å². The molecular weight excluding hydrogens is 1320 g/mol. The maximum atomic E-state index is 13.1. The minimum atomic E-state index is -4.96. The number of unbranched alkanes of at least 4 members (excludes halogenated alkanes) is 53. The molecule has 0 aromatic heterocycles. The zero-order valence-corrected chi connectivity index (χ0v) is 67.8. The van der Waals surface area contributed by atoms with Crippen molar-refractivity contribution in [2.45, 2.75) is 457 Å². The number of hydrogen-bond acceptors (Lipinski definition) is 15. The Morgan fingerprint density at radius 3 is 0.703 bits per heavy atom. The first kappa shape index (κ1) is 99.1. The molecule has 0 amide bonds. The van der Waals surface area contributed by atoms with Crippen LogP contribution in [-0.2, 0) is 65.4 Å². The van der Waals surface area contributed by atoms with Gasteiger partial charge >= 0.3 is 39.5 Å². The zero-order chi connectivity index (χ0) is 74.1. The minimum absolute atomic E-state index is 0.107. The van der Waals surface area contributed by atoms with Crippen molar-refractivity contribution in [1.82, 2.24) is 0 Å². The number of rotatable bonds is 82. The fraction of sp³-hybridized carbons (Fsp3) is 0.951. The van der Waals surface area contributed by atoms with Gasteiger partial charge in [0.1, 0.15) is 19.3 Å². The van der Waals surface area contributed by atoms with Gasteiger partial charge in [-0.2, -0.15) is 0 Å². The van der Waals surface area contributed by atoms with Crippen LogP contribution in [0.3, 0.4) is 0 Å². The smallest absolute Gasteiger partial charge is 0.462 e. The Hall–Kier alpha value is -1.94. The summed E-state index contributed by atoms with van der Waals surface area (Å²) in [5, 5.41) is 10.6. The monoisotopic (exact) mass is 1480 g/mol. The predicted octanol–water partition coefficient (Wildman–Crippen LogP) is 24.8. The van der Waals surface area contributed by atoms with Gasteiger partial charge in [0.2, 0.25) is 0 Å². The molecule has 0 bridgehead atoms. The molecule has 0 aromatic rings. The van der Waals surface area contributed by atoms with Gasteiger partial charge in [0.15, 0.2) is 12.2 Å². The molecule has 0 aromatic carbocycles. The molecule has 0 heterocycles. The quantitative estimate of drug-likeness (QED) is 0.0222. The van der Waals surface area contributed by atoms with E-state index >= 15 is 0 Å². The first-order valence-electron chi connectivity index (χ1n) is 42.7. The molecule has 600 valence electrons. The molecule has 0 aliphatic carbocycles. The van der Waals surface area contributed by atoms with Crippen LogP contribution in [-0.4, -0.2) is 96.7 Å². The van der Waals surface area contributed by atoms with Crippen molar-refractivity contribution < 1.29 is 80.2 Å². The third-order valence-corrected chi connectivity index (χ3v) is 21.5. The molecule has 0 rings (SSSR count). The van der Waals surface area contributed by atoms with Crippen LogP contribution in [0.4, 0.5) is 0 Å². The van der Waals surface area contributed by atoms with Gasteiger partial charge in [0, 0.05) is 25.7 Å². The van der Waals surface area contributed by atoms with Crippen molar-refractivity contribution in [2.75, 3.05) is 39.6 Å². The summed E-state index contributed by atoms with van der Waals surface area (Å²) < 4.78 is 68.5. The molecule has 0 saturated carbocycles. The van der Waals surface area contributed by atoms with Crippen molar-refractivity contribution in [3.8, 4) is 0 Å². The molecular formula is C82H160O17P2. The highest BCUT2D eigenvalue weighted by atomic mass is 31.2. The first-order valence-corrected chi connectivity index (χ1v) is 45.7. The Kier molecular flexibility index (Phi) is 73.5. The molecule has 101 heavy (non-hydrogen) atoms. The van der Waals surface area contributed by atoms with Crippen LogP contribution in [0.15, 0.2) is 0 Å². The van der Waals surface area contributed by atoms with Gasteiger partial charge in [-0.25, -0.2) is 9.13 Å². The maximum absolute atomic E-state index is 13.1. The predicted molar refractivity (Wildman–Crippen MR) is 414 cm³/mol. The fourth-order valence-corrected chi connectivity index (χ4v) is 14.3. The number of aliphatic hydroxyl groups excluding tert-OH is 1. The molecule has 0 aliphatic heterocycles. The van der Waals surface area contributed by atoms with Crippen molar-refractivity contribution in [2.24, 2.45) is 5.92 Å². The average molecular weight is 1480 g/mol. The highest BCUT2D eigenvalue weighted by Crippen LogP contribution is 2.45. The van der Waals surface area contributed by atoms with Gasteiger partial charge in [0.05, 0.1) is 26.4 Å². The lowest BCUT2D eigenvalue weighted by Crippen LogP contribution is -2.30. The topological polar surface area (TPSA) is 237 Å². The van der Waals surface area contributed by atoms with E-state index in [1.165, 1.54) is 257 Å². The second-order valence-corrected chi connectivity index (χ2v) is 32.7.